The van der Waals surface area contributed by atoms with E-state index in [0.29, 0.717) is 10.5 Å². The Labute approximate surface area is 113 Å². The molecule has 0 fully saturated rings. The molecule has 2 nitrogen and oxygen atoms in total. The van der Waals surface area contributed by atoms with Crippen molar-refractivity contribution in [2.45, 2.75) is 31.8 Å². The predicted molar refractivity (Wildman–Crippen MR) is 75.5 cm³/mol. The maximum absolute atomic E-state index is 13.8. The Morgan fingerprint density at radius 2 is 2.00 bits per heavy atom. The third-order valence-corrected chi connectivity index (χ3v) is 4.03. The summed E-state index contributed by atoms with van der Waals surface area (Å²) in [6.07, 6.45) is -0.616. The van der Waals surface area contributed by atoms with Gasteiger partial charge in [0.25, 0.3) is 0 Å². The van der Waals surface area contributed by atoms with Crippen LogP contribution in [0.4, 0.5) is 4.39 Å². The van der Waals surface area contributed by atoms with Crippen molar-refractivity contribution >= 4 is 11.8 Å². The van der Waals surface area contributed by atoms with Gasteiger partial charge in [-0.2, -0.15) is 0 Å². The number of nitrogens with zero attached hydrogens (tertiary/aromatic N) is 1. The Kier molecular flexibility index (Phi) is 6.68. The van der Waals surface area contributed by atoms with Crippen LogP contribution in [0.15, 0.2) is 23.1 Å². The molecule has 1 atom stereocenters. The highest BCUT2D eigenvalue weighted by Gasteiger charge is 2.08. The van der Waals surface area contributed by atoms with E-state index in [9.17, 15) is 9.50 Å². The number of aliphatic hydroxyl groups is 1. The van der Waals surface area contributed by atoms with Gasteiger partial charge in [-0.1, -0.05) is 19.9 Å². The monoisotopic (exact) mass is 271 g/mol. The van der Waals surface area contributed by atoms with Gasteiger partial charge in [-0.05, 0) is 37.7 Å². The molecule has 1 aromatic carbocycles. The Balaban J connectivity index is 2.53. The molecule has 0 bridgehead atoms. The molecule has 0 saturated carbocycles. The molecular formula is C14H22FNOS. The lowest BCUT2D eigenvalue weighted by Crippen LogP contribution is -2.25. The Morgan fingerprint density at radius 1 is 1.33 bits per heavy atom. The van der Waals surface area contributed by atoms with Crippen molar-refractivity contribution in [1.29, 1.82) is 0 Å². The minimum absolute atomic E-state index is 0.238. The summed E-state index contributed by atoms with van der Waals surface area (Å²) in [4.78, 5) is 2.97. The summed E-state index contributed by atoms with van der Waals surface area (Å²) in [5.41, 5.74) is 0.626. The highest BCUT2D eigenvalue weighted by molar-refractivity contribution is 7.99. The van der Waals surface area contributed by atoms with Gasteiger partial charge in [0.05, 0.1) is 6.10 Å². The maximum Gasteiger partial charge on any atom is 0.137 e. The molecule has 0 aliphatic heterocycles. The number of benzene rings is 1. The average molecular weight is 271 g/mol. The standard InChI is InChI=1S/C14H22FNOS/c1-4-16(5-2)8-9-18-14-7-6-12(11(3)17)10-13(14)15/h6-7,10-11,17H,4-5,8-9H2,1-3H3/t11-/m1/s1. The third-order valence-electron chi connectivity index (χ3n) is 3.00. The molecule has 0 aliphatic rings. The Bertz CT molecular complexity index is 367. The molecule has 0 unspecified atom stereocenters. The van der Waals surface area contributed by atoms with Gasteiger partial charge in [-0.3, -0.25) is 0 Å². The second-order valence-corrected chi connectivity index (χ2v) is 5.38. The van der Waals surface area contributed by atoms with Crippen LogP contribution in [0.1, 0.15) is 32.4 Å². The van der Waals surface area contributed by atoms with Crippen LogP contribution in [-0.4, -0.2) is 35.4 Å². The fourth-order valence-electron chi connectivity index (χ4n) is 1.72. The molecule has 4 heteroatoms. The molecule has 1 aromatic rings. The van der Waals surface area contributed by atoms with Crippen molar-refractivity contribution in [3.8, 4) is 0 Å². The summed E-state index contributed by atoms with van der Waals surface area (Å²) in [6, 6.07) is 4.96. The van der Waals surface area contributed by atoms with Gasteiger partial charge in [0.2, 0.25) is 0 Å². The summed E-state index contributed by atoms with van der Waals surface area (Å²) in [5, 5.41) is 9.37. The number of aliphatic hydroxyl groups excluding tert-OH is 1. The van der Waals surface area contributed by atoms with Crippen molar-refractivity contribution in [2.75, 3.05) is 25.4 Å². The third kappa shape index (κ3) is 4.59. The Morgan fingerprint density at radius 3 is 2.50 bits per heavy atom. The number of thioether (sulfide) groups is 1. The van der Waals surface area contributed by atoms with Crippen molar-refractivity contribution in [1.82, 2.24) is 4.90 Å². The van der Waals surface area contributed by atoms with E-state index in [-0.39, 0.29) is 5.82 Å². The van der Waals surface area contributed by atoms with Crippen LogP contribution in [-0.2, 0) is 0 Å². The van der Waals surface area contributed by atoms with Gasteiger partial charge >= 0.3 is 0 Å². The van der Waals surface area contributed by atoms with Crippen LogP contribution in [0.25, 0.3) is 0 Å². The van der Waals surface area contributed by atoms with Gasteiger partial charge in [-0.25, -0.2) is 4.39 Å². The quantitative estimate of drug-likeness (QED) is 0.770. The molecule has 0 aliphatic carbocycles. The zero-order valence-corrected chi connectivity index (χ0v) is 12.1. The minimum atomic E-state index is -0.616. The van der Waals surface area contributed by atoms with E-state index in [1.807, 2.05) is 0 Å². The van der Waals surface area contributed by atoms with Gasteiger partial charge < -0.3 is 10.0 Å². The first-order valence-corrected chi connectivity index (χ1v) is 7.39. The minimum Gasteiger partial charge on any atom is -0.389 e. The van der Waals surface area contributed by atoms with E-state index < -0.39 is 6.10 Å². The maximum atomic E-state index is 13.8. The Hall–Kier alpha value is -0.580. The largest absolute Gasteiger partial charge is 0.389 e. The average Bonchev–Trinajstić information content (AvgIpc) is 2.36. The molecular weight excluding hydrogens is 249 g/mol. The van der Waals surface area contributed by atoms with Crippen LogP contribution in [0.3, 0.4) is 0 Å². The zero-order chi connectivity index (χ0) is 13.5. The fourth-order valence-corrected chi connectivity index (χ4v) is 2.65. The summed E-state index contributed by atoms with van der Waals surface area (Å²) < 4.78 is 13.8. The first kappa shape index (κ1) is 15.5. The summed E-state index contributed by atoms with van der Waals surface area (Å²) in [5.74, 6) is 0.644. The number of hydrogen-bond acceptors (Lipinski definition) is 3. The highest BCUT2D eigenvalue weighted by Crippen LogP contribution is 2.24. The molecule has 0 amide bonds. The van der Waals surface area contributed by atoms with Crippen molar-refractivity contribution in [3.63, 3.8) is 0 Å². The SMILES string of the molecule is CCN(CC)CCSc1ccc([C@@H](C)O)cc1F. The normalized spacial score (nSPS) is 13.0. The lowest BCUT2D eigenvalue weighted by Gasteiger charge is -2.17. The number of halogens is 1. The molecule has 1 N–H and O–H groups in total. The van der Waals surface area contributed by atoms with E-state index in [4.69, 9.17) is 0 Å². The van der Waals surface area contributed by atoms with Crippen molar-refractivity contribution in [2.24, 2.45) is 0 Å². The van der Waals surface area contributed by atoms with E-state index in [2.05, 4.69) is 18.7 Å². The second-order valence-electron chi connectivity index (χ2n) is 4.24. The molecule has 0 aromatic heterocycles. The van der Waals surface area contributed by atoms with E-state index >= 15 is 0 Å². The van der Waals surface area contributed by atoms with Crippen molar-refractivity contribution < 1.29 is 9.50 Å². The van der Waals surface area contributed by atoms with Gasteiger partial charge in [0.15, 0.2) is 0 Å². The van der Waals surface area contributed by atoms with E-state index in [0.717, 1.165) is 25.4 Å². The van der Waals surface area contributed by atoms with Gasteiger partial charge in [-0.15, -0.1) is 11.8 Å². The lowest BCUT2D eigenvalue weighted by molar-refractivity contribution is 0.198. The topological polar surface area (TPSA) is 23.5 Å². The number of rotatable bonds is 7. The lowest BCUT2D eigenvalue weighted by atomic mass is 10.1. The molecule has 18 heavy (non-hydrogen) atoms. The predicted octanol–water partition coefficient (Wildman–Crippen LogP) is 3.31. The summed E-state index contributed by atoms with van der Waals surface area (Å²) >= 11 is 1.53. The molecule has 0 radical (unpaired) electrons. The van der Waals surface area contributed by atoms with Crippen molar-refractivity contribution in [3.05, 3.63) is 29.6 Å². The highest BCUT2D eigenvalue weighted by atomic mass is 32.2. The molecule has 1 rings (SSSR count). The number of hydrogen-bond donors (Lipinski definition) is 1. The summed E-state index contributed by atoms with van der Waals surface area (Å²) in [6.45, 7) is 8.93. The summed E-state index contributed by atoms with van der Waals surface area (Å²) in [7, 11) is 0. The second kappa shape index (κ2) is 7.77. The van der Waals surface area contributed by atoms with E-state index in [1.54, 1.807) is 19.1 Å². The first-order chi connectivity index (χ1) is 8.58. The van der Waals surface area contributed by atoms with Crippen LogP contribution >= 0.6 is 11.8 Å². The smallest absolute Gasteiger partial charge is 0.137 e. The molecule has 0 spiro atoms. The van der Waals surface area contributed by atoms with E-state index in [1.165, 1.54) is 17.8 Å². The van der Waals surface area contributed by atoms with Gasteiger partial charge in [0.1, 0.15) is 5.82 Å². The van der Waals surface area contributed by atoms with Crippen LogP contribution in [0.2, 0.25) is 0 Å². The zero-order valence-electron chi connectivity index (χ0n) is 11.3. The first-order valence-electron chi connectivity index (χ1n) is 6.41. The molecule has 102 valence electrons. The van der Waals surface area contributed by atoms with Gasteiger partial charge in [0, 0.05) is 17.2 Å². The molecule has 0 saturated heterocycles. The molecule has 0 heterocycles. The van der Waals surface area contributed by atoms with Crippen LogP contribution in [0, 0.1) is 5.82 Å². The van der Waals surface area contributed by atoms with Crippen LogP contribution in [0.5, 0.6) is 0 Å². The van der Waals surface area contributed by atoms with Crippen LogP contribution < -0.4 is 0 Å². The fraction of sp³-hybridized carbons (Fsp3) is 0.571.